The topological polar surface area (TPSA) is 53.5 Å². The van der Waals surface area contributed by atoms with Crippen molar-refractivity contribution < 1.29 is 13.5 Å². The Morgan fingerprint density at radius 3 is 2.71 bits per heavy atom. The maximum absolute atomic E-state index is 13.5. The molecule has 1 unspecified atom stereocenters. The van der Waals surface area contributed by atoms with Gasteiger partial charge in [-0.1, -0.05) is 0 Å². The van der Waals surface area contributed by atoms with Crippen LogP contribution in [0.15, 0.2) is 35.5 Å². The third kappa shape index (κ3) is 2.84. The predicted molar refractivity (Wildman–Crippen MR) is 104 cm³/mol. The Balaban J connectivity index is 1.95. The largest absolute Gasteiger partial charge is 0.497 e. The fourth-order valence-corrected chi connectivity index (χ4v) is 4.01. The van der Waals surface area contributed by atoms with Crippen molar-refractivity contribution in [3.05, 3.63) is 41.7 Å². The SMILES string of the molecule is COc1ccc2c(C#N)c(C3N=CC=CN3C(CF)CF)n(C3CCC3)c2c1. The summed E-state index contributed by atoms with van der Waals surface area (Å²) in [5.41, 5.74) is 2.10. The summed E-state index contributed by atoms with van der Waals surface area (Å²) >= 11 is 0. The van der Waals surface area contributed by atoms with Crippen molar-refractivity contribution >= 4 is 17.1 Å². The minimum absolute atomic E-state index is 0.240. The maximum Gasteiger partial charge on any atom is 0.163 e. The van der Waals surface area contributed by atoms with E-state index in [1.54, 1.807) is 30.5 Å². The van der Waals surface area contributed by atoms with E-state index in [1.165, 1.54) is 0 Å². The van der Waals surface area contributed by atoms with E-state index in [1.807, 2.05) is 18.2 Å². The molecule has 7 heteroatoms. The zero-order chi connectivity index (χ0) is 19.7. The Kier molecular flexibility index (Phi) is 5.03. The van der Waals surface area contributed by atoms with Gasteiger partial charge in [-0.2, -0.15) is 5.26 Å². The molecule has 4 rings (SSSR count). The highest BCUT2D eigenvalue weighted by molar-refractivity contribution is 5.90. The number of nitriles is 1. The van der Waals surface area contributed by atoms with Gasteiger partial charge in [0, 0.05) is 29.9 Å². The van der Waals surface area contributed by atoms with Crippen LogP contribution in [-0.4, -0.2) is 42.2 Å². The van der Waals surface area contributed by atoms with E-state index in [0.29, 0.717) is 17.0 Å². The van der Waals surface area contributed by atoms with E-state index in [4.69, 9.17) is 4.74 Å². The van der Waals surface area contributed by atoms with Crippen LogP contribution in [-0.2, 0) is 0 Å². The lowest BCUT2D eigenvalue weighted by Crippen LogP contribution is -2.39. The van der Waals surface area contributed by atoms with Gasteiger partial charge in [-0.3, -0.25) is 4.99 Å². The van der Waals surface area contributed by atoms with Crippen molar-refractivity contribution in [2.24, 2.45) is 4.99 Å². The number of hydrogen-bond acceptors (Lipinski definition) is 4. The third-order valence-corrected chi connectivity index (χ3v) is 5.68. The number of halogens is 2. The number of aromatic nitrogens is 1. The Morgan fingerprint density at radius 1 is 1.32 bits per heavy atom. The number of allylic oxidation sites excluding steroid dienone is 1. The van der Waals surface area contributed by atoms with Gasteiger partial charge in [0.1, 0.15) is 25.2 Å². The van der Waals surface area contributed by atoms with Gasteiger partial charge in [-0.25, -0.2) is 8.78 Å². The molecule has 1 saturated carbocycles. The Morgan fingerprint density at radius 2 is 2.11 bits per heavy atom. The van der Waals surface area contributed by atoms with Gasteiger partial charge in [0.2, 0.25) is 0 Å². The molecule has 1 aliphatic carbocycles. The van der Waals surface area contributed by atoms with E-state index in [-0.39, 0.29) is 6.04 Å². The molecule has 0 bridgehead atoms. The van der Waals surface area contributed by atoms with Gasteiger partial charge in [-0.05, 0) is 37.5 Å². The standard InChI is InChI=1S/C21H22F2N4O/c1-28-16-6-7-17-18(13-24)20(27(19(17)10-16)14-4-2-5-14)21-25-8-3-9-26(21)15(11-22)12-23/h3,6-10,14-15,21H,2,4-5,11-12H2,1H3. The maximum atomic E-state index is 13.5. The van der Waals surface area contributed by atoms with Crippen molar-refractivity contribution in [3.8, 4) is 11.8 Å². The zero-order valence-electron chi connectivity index (χ0n) is 15.7. The van der Waals surface area contributed by atoms with Gasteiger partial charge in [0.05, 0.1) is 29.9 Å². The van der Waals surface area contributed by atoms with Crippen LogP contribution < -0.4 is 4.74 Å². The summed E-state index contributed by atoms with van der Waals surface area (Å²) in [6.07, 6.45) is 7.42. The van der Waals surface area contributed by atoms with Gasteiger partial charge < -0.3 is 14.2 Å². The first kappa shape index (κ1) is 18.5. The monoisotopic (exact) mass is 384 g/mol. The van der Waals surface area contributed by atoms with E-state index < -0.39 is 25.6 Å². The lowest BCUT2D eigenvalue weighted by Gasteiger charge is -2.37. The number of fused-ring (bicyclic) bond motifs is 1. The summed E-state index contributed by atoms with van der Waals surface area (Å²) in [7, 11) is 1.61. The lowest BCUT2D eigenvalue weighted by atomic mass is 9.92. The third-order valence-electron chi connectivity index (χ3n) is 5.68. The molecule has 2 aromatic rings. The van der Waals surface area contributed by atoms with Crippen LogP contribution in [0.3, 0.4) is 0 Å². The summed E-state index contributed by atoms with van der Waals surface area (Å²) in [6.45, 7) is -1.65. The van der Waals surface area contributed by atoms with Crippen LogP contribution in [0.5, 0.6) is 5.75 Å². The fraction of sp³-hybridized carbons (Fsp3) is 0.429. The minimum Gasteiger partial charge on any atom is -0.497 e. The number of methoxy groups -OCH3 is 1. The molecular formula is C21H22F2N4O. The van der Waals surface area contributed by atoms with Crippen LogP contribution in [0, 0.1) is 11.3 Å². The summed E-state index contributed by atoms with van der Waals surface area (Å²) < 4.78 is 34.5. The highest BCUT2D eigenvalue weighted by Crippen LogP contribution is 2.43. The second-order valence-corrected chi connectivity index (χ2v) is 7.13. The molecule has 1 atom stereocenters. The van der Waals surface area contributed by atoms with E-state index in [0.717, 1.165) is 30.2 Å². The second kappa shape index (κ2) is 7.63. The molecule has 0 amide bonds. The van der Waals surface area contributed by atoms with Gasteiger partial charge in [0.15, 0.2) is 6.17 Å². The molecule has 1 aromatic carbocycles. The smallest absolute Gasteiger partial charge is 0.163 e. The highest BCUT2D eigenvalue weighted by Gasteiger charge is 2.35. The molecule has 0 N–H and O–H groups in total. The average Bonchev–Trinajstić information content (AvgIpc) is 3.01. The molecule has 1 fully saturated rings. The number of benzene rings is 1. The summed E-state index contributed by atoms with van der Waals surface area (Å²) in [5.74, 6) is 0.705. The molecule has 2 aliphatic rings. The Hall–Kier alpha value is -2.88. The average molecular weight is 384 g/mol. The fourth-order valence-electron chi connectivity index (χ4n) is 4.01. The molecule has 28 heavy (non-hydrogen) atoms. The summed E-state index contributed by atoms with van der Waals surface area (Å²) in [5, 5.41) is 10.8. The minimum atomic E-state index is -0.937. The molecular weight excluding hydrogens is 362 g/mol. The van der Waals surface area contributed by atoms with Crippen LogP contribution >= 0.6 is 0 Å². The van der Waals surface area contributed by atoms with Gasteiger partial charge in [-0.15, -0.1) is 0 Å². The first-order valence-electron chi connectivity index (χ1n) is 9.44. The zero-order valence-corrected chi connectivity index (χ0v) is 15.7. The van der Waals surface area contributed by atoms with E-state index >= 15 is 0 Å². The number of aliphatic imine (C=N–C) groups is 1. The van der Waals surface area contributed by atoms with Crippen LogP contribution in [0.2, 0.25) is 0 Å². The van der Waals surface area contributed by atoms with Crippen molar-refractivity contribution in [2.45, 2.75) is 37.5 Å². The molecule has 1 aliphatic heterocycles. The normalized spacial score (nSPS) is 19.2. The molecule has 0 spiro atoms. The Bertz CT molecular complexity index is 967. The number of nitrogens with zero attached hydrogens (tertiary/aromatic N) is 4. The number of rotatable bonds is 6. The molecule has 1 aromatic heterocycles. The number of hydrogen-bond donors (Lipinski definition) is 0. The Labute approximate surface area is 162 Å². The van der Waals surface area contributed by atoms with Crippen LogP contribution in [0.25, 0.3) is 10.9 Å². The molecule has 5 nitrogen and oxygen atoms in total. The molecule has 0 saturated heterocycles. The van der Waals surface area contributed by atoms with E-state index in [2.05, 4.69) is 15.6 Å². The first-order valence-corrected chi connectivity index (χ1v) is 9.44. The quantitative estimate of drug-likeness (QED) is 0.739. The highest BCUT2D eigenvalue weighted by atomic mass is 19.1. The van der Waals surface area contributed by atoms with Gasteiger partial charge >= 0.3 is 0 Å². The predicted octanol–water partition coefficient (Wildman–Crippen LogP) is 4.45. The molecule has 0 radical (unpaired) electrons. The second-order valence-electron chi connectivity index (χ2n) is 7.13. The summed E-state index contributed by atoms with van der Waals surface area (Å²) in [6, 6.07) is 7.24. The van der Waals surface area contributed by atoms with Crippen molar-refractivity contribution in [2.75, 3.05) is 20.5 Å². The molecule has 146 valence electrons. The van der Waals surface area contributed by atoms with Crippen LogP contribution in [0.4, 0.5) is 8.78 Å². The van der Waals surface area contributed by atoms with Gasteiger partial charge in [0.25, 0.3) is 0 Å². The van der Waals surface area contributed by atoms with Crippen molar-refractivity contribution in [3.63, 3.8) is 0 Å². The van der Waals surface area contributed by atoms with E-state index in [9.17, 15) is 14.0 Å². The first-order chi connectivity index (χ1) is 13.7. The van der Waals surface area contributed by atoms with Crippen molar-refractivity contribution in [1.82, 2.24) is 9.47 Å². The number of alkyl halides is 2. The molecule has 2 heterocycles. The lowest BCUT2D eigenvalue weighted by molar-refractivity contribution is 0.140. The summed E-state index contributed by atoms with van der Waals surface area (Å²) in [4.78, 5) is 6.11. The van der Waals surface area contributed by atoms with Crippen LogP contribution in [0.1, 0.15) is 42.7 Å². The number of ether oxygens (including phenoxy) is 1. The van der Waals surface area contributed by atoms with Crippen molar-refractivity contribution in [1.29, 1.82) is 5.26 Å².